The van der Waals surface area contributed by atoms with Crippen LogP contribution in [0, 0.1) is 5.41 Å². The molecule has 1 unspecified atom stereocenters. The first-order valence-electron chi connectivity index (χ1n) is 10.4. The van der Waals surface area contributed by atoms with Crippen molar-refractivity contribution in [2.75, 3.05) is 26.7 Å². The van der Waals surface area contributed by atoms with Gasteiger partial charge >= 0.3 is 18.1 Å². The number of imide groups is 1. The molecule has 7 nitrogen and oxygen atoms in total. The van der Waals surface area contributed by atoms with E-state index in [0.29, 0.717) is 19.5 Å². The molecule has 4 amide bonds. The number of amides is 4. The fraction of sp³-hybridized carbons (Fsp3) is 0.571. The zero-order valence-electron chi connectivity index (χ0n) is 18.4. The molecule has 0 aliphatic heterocycles. The maximum Gasteiger partial charge on any atom is 0.445 e. The van der Waals surface area contributed by atoms with E-state index in [4.69, 9.17) is 10.1 Å². The van der Waals surface area contributed by atoms with Crippen molar-refractivity contribution in [1.29, 1.82) is 5.41 Å². The van der Waals surface area contributed by atoms with Gasteiger partial charge < -0.3 is 4.74 Å². The highest BCUT2D eigenvalue weighted by Crippen LogP contribution is 2.23. The second kappa shape index (κ2) is 13.7. The molecule has 30 heavy (non-hydrogen) atoms. The molecule has 1 atom stereocenters. The van der Waals surface area contributed by atoms with Gasteiger partial charge in [0.15, 0.2) is 0 Å². The van der Waals surface area contributed by atoms with Crippen LogP contribution >= 0.6 is 27.9 Å². The standard InChI is InChI=1S/C21H33BrN4O3S/c1-5-8-14-25(15-9-6-2)21(28)26(16-7-3,19(23)29-4)20(27)24-30-18-12-10-17(22)11-13-18/h10-13,23H,5-9,14-16H2,1-4H3/p+1. The molecule has 0 radical (unpaired) electrons. The van der Waals surface area contributed by atoms with Crippen molar-refractivity contribution >= 4 is 46.0 Å². The van der Waals surface area contributed by atoms with E-state index in [1.807, 2.05) is 31.2 Å². The molecule has 0 aliphatic rings. The number of urea groups is 2. The Bertz CT molecular complexity index is 694. The molecule has 0 saturated carbocycles. The van der Waals surface area contributed by atoms with E-state index in [1.165, 1.54) is 7.11 Å². The average Bonchev–Trinajstić information content (AvgIpc) is 2.76. The third-order valence-corrected chi connectivity index (χ3v) is 5.99. The summed E-state index contributed by atoms with van der Waals surface area (Å²) >= 11 is 4.51. The predicted molar refractivity (Wildman–Crippen MR) is 125 cm³/mol. The van der Waals surface area contributed by atoms with Crippen molar-refractivity contribution in [3.8, 4) is 0 Å². The highest BCUT2D eigenvalue weighted by Gasteiger charge is 2.53. The van der Waals surface area contributed by atoms with Crippen molar-refractivity contribution in [2.45, 2.75) is 57.8 Å². The molecule has 0 saturated heterocycles. The van der Waals surface area contributed by atoms with Crippen LogP contribution in [0.15, 0.2) is 33.6 Å². The van der Waals surface area contributed by atoms with Crippen LogP contribution in [0.2, 0.25) is 0 Å². The molecule has 0 bridgehead atoms. The molecular weight excluding hydrogens is 468 g/mol. The Kier molecular flexibility index (Phi) is 12.1. The zero-order chi connectivity index (χ0) is 22.6. The second-order valence-electron chi connectivity index (χ2n) is 6.98. The number of ether oxygens (including phenoxy) is 1. The summed E-state index contributed by atoms with van der Waals surface area (Å²) in [6.45, 7) is 7.30. The van der Waals surface area contributed by atoms with Crippen LogP contribution in [0.4, 0.5) is 9.59 Å². The molecular formula is C21H34BrN4O3S+. The van der Waals surface area contributed by atoms with Crippen LogP contribution in [0.5, 0.6) is 0 Å². The average molecular weight is 502 g/mol. The van der Waals surface area contributed by atoms with Gasteiger partial charge in [-0.25, -0.2) is 19.7 Å². The van der Waals surface area contributed by atoms with E-state index in [-0.39, 0.29) is 12.6 Å². The number of rotatable bonds is 10. The summed E-state index contributed by atoms with van der Waals surface area (Å²) in [4.78, 5) is 29.6. The number of unbranched alkanes of at least 4 members (excludes halogenated alkanes) is 2. The number of quaternary nitrogens is 1. The van der Waals surface area contributed by atoms with Gasteiger partial charge in [0.2, 0.25) is 0 Å². The van der Waals surface area contributed by atoms with Crippen LogP contribution in [0.3, 0.4) is 0 Å². The Hall–Kier alpha value is -1.58. The number of nitrogens with zero attached hydrogens (tertiary/aromatic N) is 2. The Morgan fingerprint density at radius 2 is 1.67 bits per heavy atom. The van der Waals surface area contributed by atoms with Crippen LogP contribution in [0.1, 0.15) is 52.9 Å². The van der Waals surface area contributed by atoms with E-state index in [2.05, 4.69) is 34.5 Å². The maximum absolute atomic E-state index is 13.7. The molecule has 2 N–H and O–H groups in total. The number of hydrogen-bond acceptors (Lipinski definition) is 5. The van der Waals surface area contributed by atoms with E-state index < -0.39 is 16.5 Å². The van der Waals surface area contributed by atoms with Gasteiger partial charge in [-0.05, 0) is 55.5 Å². The van der Waals surface area contributed by atoms with Gasteiger partial charge in [0.25, 0.3) is 0 Å². The lowest BCUT2D eigenvalue weighted by molar-refractivity contribution is -0.688. The molecule has 0 aliphatic carbocycles. The van der Waals surface area contributed by atoms with E-state index >= 15 is 0 Å². The summed E-state index contributed by atoms with van der Waals surface area (Å²) in [7, 11) is 1.33. The van der Waals surface area contributed by atoms with Gasteiger partial charge in [0.05, 0.1) is 7.11 Å². The number of methoxy groups -OCH3 is 1. The van der Waals surface area contributed by atoms with Crippen LogP contribution in [-0.2, 0) is 4.74 Å². The number of nitrogens with one attached hydrogen (secondary N) is 2. The third-order valence-electron chi connectivity index (χ3n) is 4.68. The van der Waals surface area contributed by atoms with Gasteiger partial charge in [-0.3, -0.25) is 4.90 Å². The molecule has 1 aromatic carbocycles. The lowest BCUT2D eigenvalue weighted by atomic mass is 10.2. The SMILES string of the molecule is CCCCN(CCCC)C(=O)[N+](CCC)(C(=N)OC)C(=O)NSc1ccc(Br)cc1. The van der Waals surface area contributed by atoms with Crippen molar-refractivity contribution in [3.63, 3.8) is 0 Å². The first-order valence-corrected chi connectivity index (χ1v) is 12.0. The Balaban J connectivity index is 3.20. The lowest BCUT2D eigenvalue weighted by Crippen LogP contribution is -2.67. The first kappa shape index (κ1) is 26.5. The molecule has 0 heterocycles. The molecule has 168 valence electrons. The van der Waals surface area contributed by atoms with Gasteiger partial charge in [-0.15, -0.1) is 0 Å². The molecule has 1 aromatic rings. The van der Waals surface area contributed by atoms with Gasteiger partial charge in [0, 0.05) is 22.5 Å². The van der Waals surface area contributed by atoms with Crippen molar-refractivity contribution in [1.82, 2.24) is 9.62 Å². The zero-order valence-corrected chi connectivity index (χ0v) is 20.8. The van der Waals surface area contributed by atoms with Gasteiger partial charge in [-0.2, -0.15) is 0 Å². The highest BCUT2D eigenvalue weighted by atomic mass is 79.9. The molecule has 0 spiro atoms. The molecule has 1 rings (SSSR count). The van der Waals surface area contributed by atoms with Crippen molar-refractivity contribution < 1.29 is 18.8 Å². The summed E-state index contributed by atoms with van der Waals surface area (Å²) in [6.07, 6.45) is 4.12. The maximum atomic E-state index is 13.7. The van der Waals surface area contributed by atoms with Crippen molar-refractivity contribution in [2.24, 2.45) is 0 Å². The number of benzene rings is 1. The number of carbonyl (C=O) groups excluding carboxylic acids is 2. The van der Waals surface area contributed by atoms with E-state index in [9.17, 15) is 9.59 Å². The monoisotopic (exact) mass is 501 g/mol. The minimum atomic E-state index is -0.802. The minimum absolute atomic E-state index is 0.160. The fourth-order valence-corrected chi connectivity index (χ4v) is 3.88. The first-order chi connectivity index (χ1) is 14.4. The summed E-state index contributed by atoms with van der Waals surface area (Å²) in [5.41, 5.74) is 0. The molecule has 9 heteroatoms. The number of carbonyl (C=O) groups is 2. The summed E-state index contributed by atoms with van der Waals surface area (Å²) in [6, 6.07) is 6.14. The third kappa shape index (κ3) is 6.99. The normalized spacial score (nSPS) is 12.7. The highest BCUT2D eigenvalue weighted by molar-refractivity contribution is 9.10. The fourth-order valence-electron chi connectivity index (χ4n) is 2.98. The van der Waals surface area contributed by atoms with Crippen LogP contribution in [-0.4, -0.2) is 54.2 Å². The van der Waals surface area contributed by atoms with Gasteiger partial charge in [-0.1, -0.05) is 54.0 Å². The summed E-state index contributed by atoms with van der Waals surface area (Å²) < 4.78 is 8.08. The Labute approximate surface area is 192 Å². The molecule has 0 fully saturated rings. The number of hydrogen-bond donors (Lipinski definition) is 2. The summed E-state index contributed by atoms with van der Waals surface area (Å²) in [5, 5.41) is 8.39. The van der Waals surface area contributed by atoms with Crippen LogP contribution < -0.4 is 4.72 Å². The van der Waals surface area contributed by atoms with Crippen LogP contribution in [0.25, 0.3) is 0 Å². The number of amidine groups is 1. The molecule has 0 aromatic heterocycles. The Morgan fingerprint density at radius 1 is 1.10 bits per heavy atom. The van der Waals surface area contributed by atoms with E-state index in [1.54, 1.807) is 4.90 Å². The van der Waals surface area contributed by atoms with E-state index in [0.717, 1.165) is 47.0 Å². The predicted octanol–water partition coefficient (Wildman–Crippen LogP) is 6.00. The lowest BCUT2D eigenvalue weighted by Gasteiger charge is -2.34. The quantitative estimate of drug-likeness (QED) is 0.178. The minimum Gasteiger partial charge on any atom is -0.439 e. The summed E-state index contributed by atoms with van der Waals surface area (Å²) in [5.74, 6) is 0. The second-order valence-corrected chi connectivity index (χ2v) is 8.78. The van der Waals surface area contributed by atoms with Gasteiger partial charge in [0.1, 0.15) is 6.54 Å². The largest absolute Gasteiger partial charge is 0.445 e. The topological polar surface area (TPSA) is 82.5 Å². The Morgan fingerprint density at radius 3 is 2.13 bits per heavy atom. The van der Waals surface area contributed by atoms with Crippen molar-refractivity contribution in [3.05, 3.63) is 28.7 Å². The number of halogens is 1. The smallest absolute Gasteiger partial charge is 0.439 e.